The molecule has 0 spiro atoms. The average Bonchev–Trinajstić information content (AvgIpc) is 3.27. The van der Waals surface area contributed by atoms with E-state index in [0.29, 0.717) is 36.5 Å². The Labute approximate surface area is 226 Å². The molecule has 0 aliphatic rings. The molecule has 8 heteroatoms. The van der Waals surface area contributed by atoms with Crippen molar-refractivity contribution in [2.24, 2.45) is 0 Å². The maximum absolute atomic E-state index is 13.0. The largest absolute Gasteiger partial charge is 0.466 e. The first-order valence-electron chi connectivity index (χ1n) is 12.9. The van der Waals surface area contributed by atoms with Crippen LogP contribution in [0.2, 0.25) is 0 Å². The molecule has 1 heterocycles. The molecule has 3 aromatic carbocycles. The number of aryl methyl sites for hydroxylation is 2. The van der Waals surface area contributed by atoms with Crippen LogP contribution in [0.25, 0.3) is 22.5 Å². The molecule has 0 aliphatic carbocycles. The Hall–Kier alpha value is -4.07. The number of benzene rings is 3. The van der Waals surface area contributed by atoms with Crippen LogP contribution in [0.5, 0.6) is 0 Å². The highest BCUT2D eigenvalue weighted by Gasteiger charge is 2.30. The number of ether oxygens (including phenoxy) is 1. The van der Waals surface area contributed by atoms with Crippen LogP contribution in [0.15, 0.2) is 77.3 Å². The van der Waals surface area contributed by atoms with E-state index in [-0.39, 0.29) is 18.4 Å². The summed E-state index contributed by atoms with van der Waals surface area (Å²) >= 11 is 0. The van der Waals surface area contributed by atoms with E-state index in [9.17, 15) is 18.0 Å². The number of rotatable bonds is 10. The highest BCUT2D eigenvalue weighted by molar-refractivity contribution is 5.77. The van der Waals surface area contributed by atoms with Gasteiger partial charge in [0.1, 0.15) is 11.4 Å². The van der Waals surface area contributed by atoms with E-state index in [1.165, 1.54) is 12.1 Å². The number of aromatic nitrogens is 1. The smallest absolute Gasteiger partial charge is 0.416 e. The number of esters is 1. The molecule has 5 nitrogen and oxygen atoms in total. The fourth-order valence-electron chi connectivity index (χ4n) is 4.35. The molecule has 0 saturated heterocycles. The van der Waals surface area contributed by atoms with E-state index in [2.05, 4.69) is 10.5 Å². The number of anilines is 1. The predicted molar refractivity (Wildman–Crippen MR) is 145 cm³/mol. The van der Waals surface area contributed by atoms with Crippen molar-refractivity contribution in [1.29, 1.82) is 0 Å². The highest BCUT2D eigenvalue weighted by atomic mass is 19.4. The second kappa shape index (κ2) is 12.2. The van der Waals surface area contributed by atoms with E-state index in [1.54, 1.807) is 13.0 Å². The summed E-state index contributed by atoms with van der Waals surface area (Å²) in [4.78, 5) is 11.7. The van der Waals surface area contributed by atoms with Gasteiger partial charge in [-0.2, -0.15) is 13.2 Å². The number of alkyl halides is 3. The minimum Gasteiger partial charge on any atom is -0.466 e. The fraction of sp³-hybridized carbons (Fsp3) is 0.290. The summed E-state index contributed by atoms with van der Waals surface area (Å²) in [5.74, 6) is 0.362. The number of hydrogen-bond acceptors (Lipinski definition) is 5. The quantitative estimate of drug-likeness (QED) is 0.209. The van der Waals surface area contributed by atoms with Crippen molar-refractivity contribution in [2.75, 3.05) is 11.9 Å². The van der Waals surface area contributed by atoms with Crippen LogP contribution in [-0.4, -0.2) is 23.8 Å². The van der Waals surface area contributed by atoms with E-state index >= 15 is 0 Å². The minimum absolute atomic E-state index is 0.0243. The number of hydrogen-bond donors (Lipinski definition) is 1. The number of carbonyl (C=O) groups is 1. The molecule has 204 valence electrons. The lowest BCUT2D eigenvalue weighted by Gasteiger charge is -2.16. The SMILES string of the molecule is CCOC(=O)Cc1ccc(-c2ccc(-c3onc(C)c3NC(C)CCc3cccc(C(F)(F)F)c3)cc2)cc1. The summed E-state index contributed by atoms with van der Waals surface area (Å²) in [6.45, 7) is 5.98. The van der Waals surface area contributed by atoms with Gasteiger partial charge in [0.2, 0.25) is 0 Å². The lowest BCUT2D eigenvalue weighted by atomic mass is 10.0. The molecule has 0 bridgehead atoms. The molecule has 0 amide bonds. The van der Waals surface area contributed by atoms with E-state index in [1.807, 2.05) is 62.4 Å². The van der Waals surface area contributed by atoms with Crippen LogP contribution in [0, 0.1) is 6.92 Å². The molecule has 1 unspecified atom stereocenters. The van der Waals surface area contributed by atoms with E-state index < -0.39 is 11.7 Å². The molecule has 0 aliphatic heterocycles. The van der Waals surface area contributed by atoms with Gasteiger partial charge in [0.25, 0.3) is 0 Å². The number of carbonyl (C=O) groups excluding carboxylic acids is 1. The first-order valence-corrected chi connectivity index (χ1v) is 12.9. The predicted octanol–water partition coefficient (Wildman–Crippen LogP) is 7.87. The Kier molecular flexibility index (Phi) is 8.74. The van der Waals surface area contributed by atoms with Crippen LogP contribution < -0.4 is 5.32 Å². The molecule has 4 rings (SSSR count). The molecule has 1 atom stereocenters. The van der Waals surface area contributed by atoms with Gasteiger partial charge in [-0.3, -0.25) is 4.79 Å². The summed E-state index contributed by atoms with van der Waals surface area (Å²) in [5, 5.41) is 7.56. The zero-order chi connectivity index (χ0) is 28.0. The van der Waals surface area contributed by atoms with Crippen LogP contribution in [0.4, 0.5) is 18.9 Å². The van der Waals surface area contributed by atoms with Crippen molar-refractivity contribution in [3.05, 3.63) is 95.2 Å². The van der Waals surface area contributed by atoms with Gasteiger partial charge in [0.05, 0.1) is 18.6 Å². The maximum atomic E-state index is 13.0. The number of nitrogens with zero attached hydrogens (tertiary/aromatic N) is 1. The molecule has 0 radical (unpaired) electrons. The van der Waals surface area contributed by atoms with Crippen molar-refractivity contribution in [1.82, 2.24) is 5.16 Å². The Morgan fingerprint density at radius 3 is 2.26 bits per heavy atom. The normalized spacial score (nSPS) is 12.3. The fourth-order valence-corrected chi connectivity index (χ4v) is 4.35. The van der Waals surface area contributed by atoms with Gasteiger partial charge in [-0.25, -0.2) is 0 Å². The first kappa shape index (κ1) is 28.0. The molecule has 1 N–H and O–H groups in total. The van der Waals surface area contributed by atoms with E-state index in [0.717, 1.165) is 34.0 Å². The summed E-state index contributed by atoms with van der Waals surface area (Å²) in [6, 6.07) is 21.1. The van der Waals surface area contributed by atoms with Crippen molar-refractivity contribution in [3.8, 4) is 22.5 Å². The Bertz CT molecular complexity index is 1390. The number of halogens is 3. The van der Waals surface area contributed by atoms with Crippen molar-refractivity contribution >= 4 is 11.7 Å². The van der Waals surface area contributed by atoms with Gasteiger partial charge < -0.3 is 14.6 Å². The van der Waals surface area contributed by atoms with E-state index in [4.69, 9.17) is 9.26 Å². The summed E-state index contributed by atoms with van der Waals surface area (Å²) in [6.07, 6.45) is -2.97. The monoisotopic (exact) mass is 536 g/mol. The van der Waals surface area contributed by atoms with Crippen LogP contribution in [-0.2, 0) is 28.5 Å². The van der Waals surface area contributed by atoms with Crippen LogP contribution >= 0.6 is 0 Å². The van der Waals surface area contributed by atoms with Gasteiger partial charge in [0.15, 0.2) is 5.76 Å². The molecule has 4 aromatic rings. The third-order valence-electron chi connectivity index (χ3n) is 6.46. The molecule has 1 aromatic heterocycles. The van der Waals surface area contributed by atoms with Gasteiger partial charge in [-0.05, 0) is 61.9 Å². The summed E-state index contributed by atoms with van der Waals surface area (Å²) in [5.41, 5.74) is 5.26. The molecular weight excluding hydrogens is 505 g/mol. The molecular formula is C31H31F3N2O3. The Balaban J connectivity index is 1.41. The maximum Gasteiger partial charge on any atom is 0.416 e. The van der Waals surface area contributed by atoms with Crippen molar-refractivity contribution in [2.45, 2.75) is 52.3 Å². The zero-order valence-electron chi connectivity index (χ0n) is 22.1. The summed E-state index contributed by atoms with van der Waals surface area (Å²) < 4.78 is 49.7. The second-order valence-electron chi connectivity index (χ2n) is 9.51. The zero-order valence-corrected chi connectivity index (χ0v) is 22.1. The van der Waals surface area contributed by atoms with Gasteiger partial charge in [0, 0.05) is 11.6 Å². The Morgan fingerprint density at radius 1 is 0.974 bits per heavy atom. The number of nitrogens with one attached hydrogen (secondary N) is 1. The first-order chi connectivity index (χ1) is 18.6. The molecule has 39 heavy (non-hydrogen) atoms. The van der Waals surface area contributed by atoms with Crippen LogP contribution in [0.3, 0.4) is 0 Å². The van der Waals surface area contributed by atoms with Crippen molar-refractivity contribution in [3.63, 3.8) is 0 Å². The second-order valence-corrected chi connectivity index (χ2v) is 9.51. The topological polar surface area (TPSA) is 64.4 Å². The standard InChI is InChI=1S/C31H31F3N2O3/c1-4-38-28(37)19-23-10-12-24(13-11-23)25-14-16-26(17-15-25)30-29(21(3)36-39-30)35-20(2)8-9-22-6-5-7-27(18-22)31(32,33)34/h5-7,10-18,20,35H,4,8-9,19H2,1-3H3. The molecule has 0 saturated carbocycles. The van der Waals surface area contributed by atoms with Gasteiger partial charge in [-0.15, -0.1) is 0 Å². The van der Waals surface area contributed by atoms with Crippen molar-refractivity contribution < 1.29 is 27.2 Å². The lowest BCUT2D eigenvalue weighted by Crippen LogP contribution is -2.17. The highest BCUT2D eigenvalue weighted by Crippen LogP contribution is 2.34. The lowest BCUT2D eigenvalue weighted by molar-refractivity contribution is -0.142. The molecule has 0 fully saturated rings. The Morgan fingerprint density at radius 2 is 1.62 bits per heavy atom. The average molecular weight is 537 g/mol. The summed E-state index contributed by atoms with van der Waals surface area (Å²) in [7, 11) is 0. The minimum atomic E-state index is -4.35. The van der Waals surface area contributed by atoms with Crippen LogP contribution in [0.1, 0.15) is 42.7 Å². The van der Waals surface area contributed by atoms with Gasteiger partial charge >= 0.3 is 12.1 Å². The third-order valence-corrected chi connectivity index (χ3v) is 6.46. The van der Waals surface area contributed by atoms with Gasteiger partial charge in [-0.1, -0.05) is 71.9 Å². The third kappa shape index (κ3) is 7.28.